The quantitative estimate of drug-likeness (QED) is 0.327. The smallest absolute Gasteiger partial charge is 0.191 e. The van der Waals surface area contributed by atoms with E-state index in [0.717, 1.165) is 16.7 Å². The number of methoxy groups -OCH3 is 1. The van der Waals surface area contributed by atoms with E-state index in [1.54, 1.807) is 25.5 Å². The van der Waals surface area contributed by atoms with E-state index >= 15 is 0 Å². The number of aromatic nitrogens is 1. The topological polar surface area (TPSA) is 58.5 Å². The van der Waals surface area contributed by atoms with Crippen molar-refractivity contribution in [2.45, 2.75) is 20.0 Å². The minimum atomic E-state index is 0. The average molecular weight is 482 g/mol. The largest absolute Gasteiger partial charge is 0.497 e. The van der Waals surface area contributed by atoms with E-state index < -0.39 is 0 Å². The predicted molar refractivity (Wildman–Crippen MR) is 120 cm³/mol. The van der Waals surface area contributed by atoms with Gasteiger partial charge in [-0.05, 0) is 41.5 Å². The number of hydrogen-bond acceptors (Lipinski definition) is 4. The Morgan fingerprint density at radius 2 is 1.85 bits per heavy atom. The molecule has 0 aliphatic carbocycles. The Balaban J connectivity index is 0.00000243. The maximum absolute atomic E-state index is 5.27. The molecule has 0 unspecified atom stereocenters. The number of nitrogens with one attached hydrogen (secondary N) is 2. The lowest BCUT2D eigenvalue weighted by molar-refractivity contribution is 0.415. The van der Waals surface area contributed by atoms with Crippen molar-refractivity contribution in [1.29, 1.82) is 0 Å². The minimum absolute atomic E-state index is 0. The van der Waals surface area contributed by atoms with Gasteiger partial charge >= 0.3 is 0 Å². The first-order valence-corrected chi connectivity index (χ1v) is 8.92. The fraction of sp³-hybridized carbons (Fsp3) is 0.263. The van der Waals surface area contributed by atoms with Gasteiger partial charge in [-0.15, -0.1) is 35.3 Å². The van der Waals surface area contributed by atoms with Crippen molar-refractivity contribution >= 4 is 52.0 Å². The van der Waals surface area contributed by atoms with Gasteiger partial charge in [0.15, 0.2) is 5.96 Å². The van der Waals surface area contributed by atoms with E-state index in [9.17, 15) is 0 Å². The number of benzene rings is 2. The molecule has 7 heteroatoms. The van der Waals surface area contributed by atoms with Crippen LogP contribution in [0.15, 0.2) is 47.6 Å². The number of hydrogen-bond donors (Lipinski definition) is 2. The highest BCUT2D eigenvalue weighted by molar-refractivity contribution is 14.0. The van der Waals surface area contributed by atoms with Crippen LogP contribution in [0.2, 0.25) is 0 Å². The summed E-state index contributed by atoms with van der Waals surface area (Å²) in [5.74, 6) is 1.64. The highest BCUT2D eigenvalue weighted by atomic mass is 127. The van der Waals surface area contributed by atoms with Crippen molar-refractivity contribution < 1.29 is 4.74 Å². The van der Waals surface area contributed by atoms with Crippen LogP contribution in [-0.2, 0) is 13.1 Å². The van der Waals surface area contributed by atoms with Crippen molar-refractivity contribution in [3.8, 4) is 5.75 Å². The lowest BCUT2D eigenvalue weighted by Crippen LogP contribution is -2.36. The summed E-state index contributed by atoms with van der Waals surface area (Å²) >= 11 is 1.69. The van der Waals surface area contributed by atoms with E-state index in [2.05, 4.69) is 51.8 Å². The van der Waals surface area contributed by atoms with Crippen LogP contribution in [0.25, 0.3) is 10.8 Å². The second-order valence-corrected chi connectivity index (χ2v) is 7.01. The Kier molecular flexibility index (Phi) is 7.65. The number of thiazole rings is 1. The fourth-order valence-corrected chi connectivity index (χ4v) is 3.29. The van der Waals surface area contributed by atoms with Crippen LogP contribution in [0.4, 0.5) is 0 Å². The van der Waals surface area contributed by atoms with E-state index in [0.29, 0.717) is 13.1 Å². The van der Waals surface area contributed by atoms with E-state index in [4.69, 9.17) is 4.74 Å². The molecule has 3 rings (SSSR count). The third-order valence-electron chi connectivity index (χ3n) is 3.87. The first-order valence-electron chi connectivity index (χ1n) is 8.10. The van der Waals surface area contributed by atoms with Gasteiger partial charge in [0.2, 0.25) is 0 Å². The molecule has 5 nitrogen and oxygen atoms in total. The molecule has 0 radical (unpaired) electrons. The van der Waals surface area contributed by atoms with Crippen molar-refractivity contribution in [2.24, 2.45) is 4.99 Å². The number of aryl methyl sites for hydroxylation is 1. The van der Waals surface area contributed by atoms with Crippen LogP contribution >= 0.6 is 35.3 Å². The Labute approximate surface area is 174 Å². The van der Waals surface area contributed by atoms with Gasteiger partial charge in [-0.1, -0.05) is 18.2 Å². The molecule has 0 spiro atoms. The second-order valence-electron chi connectivity index (χ2n) is 5.69. The molecule has 2 N–H and O–H groups in total. The van der Waals surface area contributed by atoms with E-state index in [1.807, 2.05) is 18.3 Å². The molecule has 0 aliphatic heterocycles. The lowest BCUT2D eigenvalue weighted by Gasteiger charge is -2.11. The Morgan fingerprint density at radius 1 is 1.12 bits per heavy atom. The summed E-state index contributed by atoms with van der Waals surface area (Å²) in [6, 6.07) is 12.5. The number of halogens is 1. The van der Waals surface area contributed by atoms with Gasteiger partial charge in [-0.2, -0.15) is 0 Å². The molecule has 2 aromatic carbocycles. The van der Waals surface area contributed by atoms with Crippen molar-refractivity contribution in [2.75, 3.05) is 14.2 Å². The van der Waals surface area contributed by atoms with E-state index in [-0.39, 0.29) is 24.0 Å². The average Bonchev–Trinajstić information content (AvgIpc) is 3.06. The maximum atomic E-state index is 5.27. The summed E-state index contributed by atoms with van der Waals surface area (Å²) in [5, 5.41) is 10.1. The number of nitrogens with zero attached hydrogens (tertiary/aromatic N) is 2. The number of ether oxygens (including phenoxy) is 1. The van der Waals surface area contributed by atoms with Gasteiger partial charge in [-0.25, -0.2) is 4.98 Å². The van der Waals surface area contributed by atoms with Crippen LogP contribution in [0.5, 0.6) is 5.75 Å². The molecule has 26 heavy (non-hydrogen) atoms. The molecular formula is C19H23IN4OS. The molecule has 0 amide bonds. The summed E-state index contributed by atoms with van der Waals surface area (Å²) in [7, 11) is 3.46. The highest BCUT2D eigenvalue weighted by Crippen LogP contribution is 2.21. The summed E-state index contributed by atoms with van der Waals surface area (Å²) in [6.07, 6.45) is 1.89. The van der Waals surface area contributed by atoms with Crippen LogP contribution < -0.4 is 15.4 Å². The molecule has 0 atom stereocenters. The molecule has 0 saturated carbocycles. The zero-order chi connectivity index (χ0) is 17.6. The van der Waals surface area contributed by atoms with Crippen LogP contribution in [-0.4, -0.2) is 25.1 Å². The third-order valence-corrected chi connectivity index (χ3v) is 4.78. The van der Waals surface area contributed by atoms with Crippen LogP contribution in [0, 0.1) is 6.92 Å². The molecular weight excluding hydrogens is 459 g/mol. The van der Waals surface area contributed by atoms with Crippen LogP contribution in [0.1, 0.15) is 15.4 Å². The lowest BCUT2D eigenvalue weighted by atomic mass is 10.1. The van der Waals surface area contributed by atoms with Crippen molar-refractivity contribution in [3.63, 3.8) is 0 Å². The summed E-state index contributed by atoms with van der Waals surface area (Å²) in [6.45, 7) is 3.44. The first-order chi connectivity index (χ1) is 12.2. The molecule has 0 fully saturated rings. The standard InChI is InChI=1S/C19H22N4OS.HI/c1-13-10-21-18(25-13)12-23-19(20-2)22-11-14-4-5-16-9-17(24-3)7-6-15(16)8-14;/h4-10H,11-12H2,1-3H3,(H2,20,22,23);1H. The molecule has 0 saturated heterocycles. The van der Waals surface area contributed by atoms with Gasteiger partial charge in [0.25, 0.3) is 0 Å². The van der Waals surface area contributed by atoms with Gasteiger partial charge in [0, 0.05) is 24.7 Å². The van der Waals surface area contributed by atoms with Gasteiger partial charge in [0.1, 0.15) is 10.8 Å². The zero-order valence-corrected chi connectivity index (χ0v) is 18.2. The third kappa shape index (κ3) is 5.31. The molecule has 1 aromatic heterocycles. The summed E-state index contributed by atoms with van der Waals surface area (Å²) in [5.41, 5.74) is 1.20. The second kappa shape index (κ2) is 9.72. The molecule has 0 bridgehead atoms. The van der Waals surface area contributed by atoms with Gasteiger partial charge < -0.3 is 15.4 Å². The number of aliphatic imine (C=N–C) groups is 1. The normalized spacial score (nSPS) is 11.1. The molecule has 3 aromatic rings. The Hall–Kier alpha value is -1.87. The Morgan fingerprint density at radius 3 is 2.54 bits per heavy atom. The number of fused-ring (bicyclic) bond motifs is 1. The van der Waals surface area contributed by atoms with E-state index in [1.165, 1.54) is 21.2 Å². The highest BCUT2D eigenvalue weighted by Gasteiger charge is 2.03. The SMILES string of the molecule is CN=C(NCc1ccc2cc(OC)ccc2c1)NCc1ncc(C)s1.I. The molecule has 0 aliphatic rings. The first kappa shape index (κ1) is 20.4. The number of guanidine groups is 1. The summed E-state index contributed by atoms with van der Waals surface area (Å²) < 4.78 is 5.27. The fourth-order valence-electron chi connectivity index (χ4n) is 2.56. The predicted octanol–water partition coefficient (Wildman–Crippen LogP) is 4.10. The number of rotatable bonds is 5. The summed E-state index contributed by atoms with van der Waals surface area (Å²) in [4.78, 5) is 9.83. The van der Waals surface area contributed by atoms with Crippen molar-refractivity contribution in [3.05, 3.63) is 58.0 Å². The monoisotopic (exact) mass is 482 g/mol. The molecule has 138 valence electrons. The van der Waals surface area contributed by atoms with Crippen LogP contribution in [0.3, 0.4) is 0 Å². The minimum Gasteiger partial charge on any atom is -0.497 e. The van der Waals surface area contributed by atoms with Crippen molar-refractivity contribution in [1.82, 2.24) is 15.6 Å². The Bertz CT molecular complexity index is 894. The van der Waals surface area contributed by atoms with Gasteiger partial charge in [-0.3, -0.25) is 4.99 Å². The zero-order valence-electron chi connectivity index (χ0n) is 15.1. The molecule has 1 heterocycles. The van der Waals surface area contributed by atoms with Gasteiger partial charge in [0.05, 0.1) is 13.7 Å². The maximum Gasteiger partial charge on any atom is 0.191 e.